The number of hydrogen-bond acceptors (Lipinski definition) is 3. The molecular weight excluding hydrogens is 462 g/mol. The Hall–Kier alpha value is -2.56. The van der Waals surface area contributed by atoms with Crippen LogP contribution in [0.4, 0.5) is 40.8 Å². The Morgan fingerprint density at radius 2 is 1.61 bits per heavy atom. The summed E-state index contributed by atoms with van der Waals surface area (Å²) < 4.78 is 111. The van der Waals surface area contributed by atoms with Crippen LogP contribution < -0.4 is 5.32 Å². The third kappa shape index (κ3) is 5.57. The van der Waals surface area contributed by atoms with Crippen LogP contribution in [0.25, 0.3) is 0 Å². The molecule has 0 radical (unpaired) electrons. The summed E-state index contributed by atoms with van der Waals surface area (Å²) in [7, 11) is 0. The van der Waals surface area contributed by atoms with E-state index in [1.165, 1.54) is 13.8 Å². The Morgan fingerprint density at radius 3 is 2.13 bits per heavy atom. The zero-order valence-corrected chi connectivity index (χ0v) is 16.5. The van der Waals surface area contributed by atoms with Gasteiger partial charge in [-0.1, -0.05) is 25.4 Å². The average molecular weight is 476 g/mol. The molecule has 0 aliphatic rings. The molecule has 1 unspecified atom stereocenters. The Labute approximate surface area is 175 Å². The van der Waals surface area contributed by atoms with Gasteiger partial charge in [0.2, 0.25) is 0 Å². The van der Waals surface area contributed by atoms with E-state index >= 15 is 0 Å². The molecular formula is C19H14ClF8NO2. The molecule has 0 bridgehead atoms. The van der Waals surface area contributed by atoms with E-state index in [9.17, 15) is 39.9 Å². The smallest absolute Gasteiger partial charge is 0.395 e. The lowest BCUT2D eigenvalue weighted by molar-refractivity contribution is -0.242. The highest BCUT2D eigenvalue weighted by Gasteiger charge is 2.43. The second kappa shape index (κ2) is 8.89. The number of rotatable bonds is 6. The van der Waals surface area contributed by atoms with Gasteiger partial charge < -0.3 is 10.1 Å². The van der Waals surface area contributed by atoms with E-state index in [0.717, 1.165) is 6.07 Å². The second-order valence-corrected chi connectivity index (χ2v) is 7.13. The normalized spacial score (nSPS) is 13.3. The molecule has 2 aromatic rings. The van der Waals surface area contributed by atoms with Crippen LogP contribution in [0.2, 0.25) is 5.02 Å². The first-order valence-electron chi connectivity index (χ1n) is 8.53. The van der Waals surface area contributed by atoms with Crippen molar-refractivity contribution in [1.29, 1.82) is 0 Å². The molecule has 1 atom stereocenters. The van der Waals surface area contributed by atoms with Crippen LogP contribution in [0, 0.1) is 23.4 Å². The van der Waals surface area contributed by atoms with Gasteiger partial charge in [-0.25, -0.2) is 18.0 Å². The molecule has 3 nitrogen and oxygen atoms in total. The summed E-state index contributed by atoms with van der Waals surface area (Å²) in [5, 5.41) is 1.95. The van der Waals surface area contributed by atoms with Crippen molar-refractivity contribution in [3.8, 4) is 0 Å². The first-order chi connectivity index (χ1) is 14.1. The number of alkyl halides is 5. The number of nitrogens with one attached hydrogen (secondary N) is 1. The summed E-state index contributed by atoms with van der Waals surface area (Å²) in [6.45, 7) is 2.79. The lowest BCUT2D eigenvalue weighted by atomic mass is 10.0. The van der Waals surface area contributed by atoms with Crippen LogP contribution in [0.15, 0.2) is 30.3 Å². The quantitative estimate of drug-likeness (QED) is 0.294. The first kappa shape index (κ1) is 24.7. The summed E-state index contributed by atoms with van der Waals surface area (Å²) in [4.78, 5) is 12.3. The monoisotopic (exact) mass is 475 g/mol. The number of halogens is 9. The number of esters is 1. The van der Waals surface area contributed by atoms with Gasteiger partial charge in [-0.05, 0) is 36.2 Å². The predicted octanol–water partition coefficient (Wildman–Crippen LogP) is 6.51. The molecule has 0 aliphatic heterocycles. The standard InChI is InChI=1S/C19H14ClF8NO2/c1-8(2)16(29-13-6-3-9(7-11(13)20)18(24,25)26)17(30)31-19(27,28)10-4-5-12(21)15(23)14(10)22/h3-8,16,29H,1-2H3. The van der Waals surface area contributed by atoms with Crippen LogP contribution in [-0.4, -0.2) is 12.0 Å². The van der Waals surface area contributed by atoms with Gasteiger partial charge in [0.15, 0.2) is 17.5 Å². The molecule has 0 amide bonds. The third-order valence-corrected chi connectivity index (χ3v) is 4.42. The fourth-order valence-corrected chi connectivity index (χ4v) is 2.70. The van der Waals surface area contributed by atoms with Crippen LogP contribution in [-0.2, 0) is 21.8 Å². The molecule has 0 spiro atoms. The van der Waals surface area contributed by atoms with E-state index in [2.05, 4.69) is 10.1 Å². The second-order valence-electron chi connectivity index (χ2n) is 6.72. The number of carbonyl (C=O) groups is 1. The Bertz CT molecular complexity index is 978. The summed E-state index contributed by atoms with van der Waals surface area (Å²) in [5.41, 5.74) is -2.98. The number of hydrogen-bond donors (Lipinski definition) is 1. The number of anilines is 1. The van der Waals surface area contributed by atoms with Crippen molar-refractivity contribution in [2.24, 2.45) is 5.92 Å². The zero-order valence-electron chi connectivity index (χ0n) is 15.8. The molecule has 2 rings (SSSR count). The SMILES string of the molecule is CC(C)C(Nc1ccc(C(F)(F)F)cc1Cl)C(=O)OC(F)(F)c1ccc(F)c(F)c1F. The molecule has 12 heteroatoms. The fourth-order valence-electron chi connectivity index (χ4n) is 2.47. The van der Waals surface area contributed by atoms with Gasteiger partial charge in [-0.3, -0.25) is 0 Å². The van der Waals surface area contributed by atoms with E-state index in [1.54, 1.807) is 0 Å². The third-order valence-electron chi connectivity index (χ3n) is 4.11. The van der Waals surface area contributed by atoms with Crippen LogP contribution in [0.5, 0.6) is 0 Å². The highest BCUT2D eigenvalue weighted by atomic mass is 35.5. The maximum Gasteiger partial charge on any atom is 0.431 e. The molecule has 0 fully saturated rings. The topological polar surface area (TPSA) is 38.3 Å². The van der Waals surface area contributed by atoms with E-state index in [-0.39, 0.29) is 17.8 Å². The van der Waals surface area contributed by atoms with Crippen molar-refractivity contribution in [1.82, 2.24) is 0 Å². The van der Waals surface area contributed by atoms with Gasteiger partial charge in [0, 0.05) is 0 Å². The zero-order chi connectivity index (χ0) is 23.7. The number of benzene rings is 2. The first-order valence-corrected chi connectivity index (χ1v) is 8.91. The summed E-state index contributed by atoms with van der Waals surface area (Å²) in [6.07, 6.45) is -9.36. The molecule has 0 aromatic heterocycles. The van der Waals surface area contributed by atoms with E-state index in [4.69, 9.17) is 11.6 Å². The molecule has 2 aromatic carbocycles. The minimum absolute atomic E-state index is 0.187. The van der Waals surface area contributed by atoms with Gasteiger partial charge >= 0.3 is 18.3 Å². The van der Waals surface area contributed by atoms with Gasteiger partial charge in [0.25, 0.3) is 0 Å². The molecule has 0 heterocycles. The van der Waals surface area contributed by atoms with Crippen LogP contribution >= 0.6 is 11.6 Å². The predicted molar refractivity (Wildman–Crippen MR) is 95.0 cm³/mol. The van der Waals surface area contributed by atoms with Gasteiger partial charge in [0.1, 0.15) is 11.6 Å². The molecule has 170 valence electrons. The molecule has 0 saturated heterocycles. The van der Waals surface area contributed by atoms with Crippen LogP contribution in [0.3, 0.4) is 0 Å². The maximum absolute atomic E-state index is 14.3. The molecule has 0 saturated carbocycles. The van der Waals surface area contributed by atoms with Crippen molar-refractivity contribution < 1.29 is 44.7 Å². The van der Waals surface area contributed by atoms with Crippen molar-refractivity contribution in [3.05, 3.63) is 63.9 Å². The highest BCUT2D eigenvalue weighted by Crippen LogP contribution is 2.36. The summed E-state index contributed by atoms with van der Waals surface area (Å²) in [6, 6.07) is 0.996. The van der Waals surface area contributed by atoms with Gasteiger partial charge in [-0.15, -0.1) is 0 Å². The molecule has 0 aliphatic carbocycles. The molecule has 31 heavy (non-hydrogen) atoms. The van der Waals surface area contributed by atoms with Crippen molar-refractivity contribution in [3.63, 3.8) is 0 Å². The highest BCUT2D eigenvalue weighted by molar-refractivity contribution is 6.33. The fraction of sp³-hybridized carbons (Fsp3) is 0.316. The van der Waals surface area contributed by atoms with E-state index < -0.39 is 63.8 Å². The minimum atomic E-state index is -4.69. The minimum Gasteiger partial charge on any atom is -0.395 e. The van der Waals surface area contributed by atoms with Crippen molar-refractivity contribution in [2.75, 3.05) is 5.32 Å². The van der Waals surface area contributed by atoms with Crippen molar-refractivity contribution in [2.45, 2.75) is 32.2 Å². The average Bonchev–Trinajstić information content (AvgIpc) is 2.63. The summed E-state index contributed by atoms with van der Waals surface area (Å²) in [5.74, 6) is -8.53. The Kier molecular flexibility index (Phi) is 7.09. The van der Waals surface area contributed by atoms with E-state index in [1.807, 2.05) is 0 Å². The Balaban J connectivity index is 2.28. The molecule has 1 N–H and O–H groups in total. The number of ether oxygens (including phenoxy) is 1. The largest absolute Gasteiger partial charge is 0.431 e. The van der Waals surface area contributed by atoms with Gasteiger partial charge in [0.05, 0.1) is 16.3 Å². The summed E-state index contributed by atoms with van der Waals surface area (Å²) >= 11 is 5.78. The maximum atomic E-state index is 14.3. The lowest BCUT2D eigenvalue weighted by Crippen LogP contribution is -2.39. The van der Waals surface area contributed by atoms with Crippen molar-refractivity contribution >= 4 is 23.3 Å². The lowest BCUT2D eigenvalue weighted by Gasteiger charge is -2.25. The Morgan fingerprint density at radius 1 is 1.00 bits per heavy atom. The van der Waals surface area contributed by atoms with E-state index in [0.29, 0.717) is 12.1 Å². The van der Waals surface area contributed by atoms with Gasteiger partial charge in [-0.2, -0.15) is 22.0 Å². The van der Waals surface area contributed by atoms with Crippen LogP contribution in [0.1, 0.15) is 25.0 Å². The number of carbonyl (C=O) groups excluding carboxylic acids is 1.